The van der Waals surface area contributed by atoms with Crippen LogP contribution in [0.5, 0.6) is 0 Å². The first-order valence-electron chi connectivity index (χ1n) is 11.8. The number of anilines is 1. The molecule has 0 aliphatic carbocycles. The number of nitro benzene ring substituents is 1. The van der Waals surface area contributed by atoms with Crippen LogP contribution in [0.2, 0.25) is 0 Å². The summed E-state index contributed by atoms with van der Waals surface area (Å²) >= 11 is 1.48. The molecule has 0 radical (unpaired) electrons. The molecule has 37 heavy (non-hydrogen) atoms. The van der Waals surface area contributed by atoms with Crippen molar-refractivity contribution >= 4 is 34.5 Å². The van der Waals surface area contributed by atoms with Gasteiger partial charge in [-0.3, -0.25) is 29.4 Å². The highest BCUT2D eigenvalue weighted by Gasteiger charge is 2.60. The molecule has 0 spiro atoms. The molecule has 3 heterocycles. The maximum absolute atomic E-state index is 13.7. The monoisotopic (exact) mass is 511 g/mol. The number of hydrogen-bond acceptors (Lipinski definition) is 7. The SMILES string of the molecule is O=C1[C@@H]2[C@H](ON(c3ccccc3)[C@@H]2c2ccc(-c3ccc([N+](=O)[O-])cc3)s2)C(=O)N1Cc1ccccc1. The van der Waals surface area contributed by atoms with Gasteiger partial charge in [-0.2, -0.15) is 0 Å². The number of likely N-dealkylation sites (tertiary alicyclic amines) is 1. The summed E-state index contributed by atoms with van der Waals surface area (Å²) < 4.78 is 0. The molecular formula is C28H21N3O5S. The summed E-state index contributed by atoms with van der Waals surface area (Å²) in [5.41, 5.74) is 2.49. The van der Waals surface area contributed by atoms with Gasteiger partial charge in [0.15, 0.2) is 6.10 Å². The Labute approximate surface area is 216 Å². The van der Waals surface area contributed by atoms with Crippen LogP contribution in [-0.4, -0.2) is 27.7 Å². The molecule has 184 valence electrons. The van der Waals surface area contributed by atoms with E-state index in [2.05, 4.69) is 0 Å². The number of amides is 2. The standard InChI is InChI=1S/C28H21N3O5S/c32-27-24-25(23-16-15-22(37-23)19-11-13-21(14-12-19)31(34)35)30(20-9-5-2-6-10-20)36-26(24)28(33)29(27)17-18-7-3-1-4-8-18/h1-16,24-26H,17H2/t24-,25+,26-/m0/s1. The number of non-ortho nitro benzene ring substituents is 1. The van der Waals surface area contributed by atoms with Crippen LogP contribution < -0.4 is 5.06 Å². The maximum atomic E-state index is 13.7. The predicted molar refractivity (Wildman–Crippen MR) is 138 cm³/mol. The topological polar surface area (TPSA) is 93.0 Å². The van der Waals surface area contributed by atoms with E-state index in [-0.39, 0.29) is 24.0 Å². The van der Waals surface area contributed by atoms with E-state index in [1.54, 1.807) is 17.2 Å². The first-order chi connectivity index (χ1) is 18.0. The van der Waals surface area contributed by atoms with Gasteiger partial charge in [-0.15, -0.1) is 11.3 Å². The van der Waals surface area contributed by atoms with Gasteiger partial charge < -0.3 is 0 Å². The van der Waals surface area contributed by atoms with Crippen LogP contribution in [0.1, 0.15) is 16.5 Å². The molecule has 3 aromatic carbocycles. The third kappa shape index (κ3) is 4.08. The Morgan fingerprint density at radius 1 is 0.838 bits per heavy atom. The summed E-state index contributed by atoms with van der Waals surface area (Å²) in [6.45, 7) is 0.200. The Balaban J connectivity index is 1.36. The van der Waals surface area contributed by atoms with Crippen LogP contribution in [0.25, 0.3) is 10.4 Å². The molecule has 2 fully saturated rings. The van der Waals surface area contributed by atoms with Crippen molar-refractivity contribution in [3.8, 4) is 10.4 Å². The molecule has 1 aromatic heterocycles. The number of carbonyl (C=O) groups excluding carboxylic acids is 2. The average Bonchev–Trinajstić information content (AvgIpc) is 3.62. The third-order valence-electron chi connectivity index (χ3n) is 6.68. The van der Waals surface area contributed by atoms with Gasteiger partial charge in [0.2, 0.25) is 5.91 Å². The van der Waals surface area contributed by atoms with Gasteiger partial charge in [0.1, 0.15) is 12.0 Å². The molecule has 3 atom stereocenters. The van der Waals surface area contributed by atoms with Gasteiger partial charge in [-0.25, -0.2) is 5.06 Å². The number of nitro groups is 1. The van der Waals surface area contributed by atoms with Gasteiger partial charge in [0.25, 0.3) is 11.6 Å². The average molecular weight is 512 g/mol. The van der Waals surface area contributed by atoms with E-state index in [1.807, 2.05) is 72.8 Å². The van der Waals surface area contributed by atoms with Crippen molar-refractivity contribution in [1.82, 2.24) is 4.90 Å². The summed E-state index contributed by atoms with van der Waals surface area (Å²) in [6.07, 6.45) is -0.911. The van der Waals surface area contributed by atoms with Crippen molar-refractivity contribution in [2.45, 2.75) is 18.7 Å². The first kappa shape index (κ1) is 23.1. The summed E-state index contributed by atoms with van der Waals surface area (Å²) in [6, 6.07) is 28.6. The van der Waals surface area contributed by atoms with E-state index in [1.165, 1.54) is 28.4 Å². The second-order valence-electron chi connectivity index (χ2n) is 8.91. The van der Waals surface area contributed by atoms with Crippen molar-refractivity contribution < 1.29 is 19.3 Å². The number of carbonyl (C=O) groups is 2. The lowest BCUT2D eigenvalue weighted by Crippen LogP contribution is -2.36. The van der Waals surface area contributed by atoms with Crippen LogP contribution in [-0.2, 0) is 21.0 Å². The number of hydrogen-bond donors (Lipinski definition) is 0. The van der Waals surface area contributed by atoms with Crippen molar-refractivity contribution in [2.24, 2.45) is 5.92 Å². The summed E-state index contributed by atoms with van der Waals surface area (Å²) in [4.78, 5) is 46.9. The van der Waals surface area contributed by atoms with Gasteiger partial charge in [-0.05, 0) is 47.5 Å². The summed E-state index contributed by atoms with van der Waals surface area (Å²) in [7, 11) is 0. The zero-order valence-electron chi connectivity index (χ0n) is 19.5. The lowest BCUT2D eigenvalue weighted by atomic mass is 9.95. The first-order valence-corrected chi connectivity index (χ1v) is 12.6. The van der Waals surface area contributed by atoms with Crippen LogP contribution >= 0.6 is 11.3 Å². The predicted octanol–water partition coefficient (Wildman–Crippen LogP) is 5.37. The highest BCUT2D eigenvalue weighted by atomic mass is 32.1. The number of hydroxylamine groups is 1. The Hall–Kier alpha value is -4.34. The Morgan fingerprint density at radius 3 is 2.19 bits per heavy atom. The molecule has 2 aliphatic rings. The number of rotatable bonds is 6. The highest BCUT2D eigenvalue weighted by Crippen LogP contribution is 2.49. The third-order valence-corrected chi connectivity index (χ3v) is 7.89. The molecule has 4 aromatic rings. The minimum absolute atomic E-state index is 0.0244. The zero-order valence-corrected chi connectivity index (χ0v) is 20.3. The number of nitrogens with zero attached hydrogens (tertiary/aromatic N) is 3. The molecule has 2 aliphatic heterocycles. The number of benzene rings is 3. The second-order valence-corrected chi connectivity index (χ2v) is 10.0. The van der Waals surface area contributed by atoms with Crippen molar-refractivity contribution in [3.63, 3.8) is 0 Å². The lowest BCUT2D eigenvalue weighted by molar-refractivity contribution is -0.384. The molecule has 0 bridgehead atoms. The molecular weight excluding hydrogens is 490 g/mol. The Bertz CT molecular complexity index is 1470. The number of para-hydroxylation sites is 1. The molecule has 6 rings (SSSR count). The largest absolute Gasteiger partial charge is 0.275 e. The highest BCUT2D eigenvalue weighted by molar-refractivity contribution is 7.15. The van der Waals surface area contributed by atoms with Gasteiger partial charge in [0.05, 0.1) is 17.2 Å². The van der Waals surface area contributed by atoms with Crippen LogP contribution in [0, 0.1) is 16.0 Å². The van der Waals surface area contributed by atoms with E-state index in [9.17, 15) is 19.7 Å². The number of fused-ring (bicyclic) bond motifs is 1. The normalized spacial score (nSPS) is 20.9. The van der Waals surface area contributed by atoms with Crippen LogP contribution in [0.4, 0.5) is 11.4 Å². The van der Waals surface area contributed by atoms with E-state index < -0.39 is 23.0 Å². The number of imide groups is 1. The molecule has 2 amide bonds. The smallest absolute Gasteiger partial charge is 0.269 e. The quantitative estimate of drug-likeness (QED) is 0.196. The Kier molecular flexibility index (Phi) is 5.78. The van der Waals surface area contributed by atoms with E-state index >= 15 is 0 Å². The fraction of sp³-hybridized carbons (Fsp3) is 0.143. The molecule has 0 N–H and O–H groups in total. The van der Waals surface area contributed by atoms with Crippen LogP contribution in [0.3, 0.4) is 0 Å². The van der Waals surface area contributed by atoms with Gasteiger partial charge >= 0.3 is 0 Å². The molecule has 9 heteroatoms. The minimum Gasteiger partial charge on any atom is -0.275 e. The molecule has 2 saturated heterocycles. The maximum Gasteiger partial charge on any atom is 0.269 e. The van der Waals surface area contributed by atoms with Crippen LogP contribution in [0.15, 0.2) is 97.1 Å². The molecule has 8 nitrogen and oxygen atoms in total. The van der Waals surface area contributed by atoms with Crippen molar-refractivity contribution in [2.75, 3.05) is 5.06 Å². The van der Waals surface area contributed by atoms with E-state index in [0.717, 1.165) is 26.6 Å². The zero-order chi connectivity index (χ0) is 25.5. The lowest BCUT2D eigenvalue weighted by Gasteiger charge is -2.27. The fourth-order valence-corrected chi connectivity index (χ4v) is 6.04. The minimum atomic E-state index is -0.911. The van der Waals surface area contributed by atoms with Crippen molar-refractivity contribution in [1.29, 1.82) is 0 Å². The second kappa shape index (κ2) is 9.27. The van der Waals surface area contributed by atoms with Gasteiger partial charge in [-0.1, -0.05) is 48.5 Å². The van der Waals surface area contributed by atoms with Gasteiger partial charge in [0, 0.05) is 21.9 Å². The molecule has 0 saturated carbocycles. The summed E-state index contributed by atoms with van der Waals surface area (Å²) in [5, 5.41) is 12.7. The molecule has 0 unspecified atom stereocenters. The number of thiophene rings is 1. The van der Waals surface area contributed by atoms with E-state index in [4.69, 9.17) is 4.84 Å². The Morgan fingerprint density at radius 2 is 1.51 bits per heavy atom. The van der Waals surface area contributed by atoms with E-state index in [0.29, 0.717) is 0 Å². The summed E-state index contributed by atoms with van der Waals surface area (Å²) in [5.74, 6) is -1.29. The van der Waals surface area contributed by atoms with Crippen molar-refractivity contribution in [3.05, 3.63) is 118 Å². The fourth-order valence-electron chi connectivity index (χ4n) is 4.90.